The highest BCUT2D eigenvalue weighted by molar-refractivity contribution is 5.99. The Morgan fingerprint density at radius 2 is 1.86 bits per heavy atom. The Hall–Kier alpha value is -4.89. The maximum atomic E-state index is 14.5. The number of halogens is 2. The van der Waals surface area contributed by atoms with Crippen LogP contribution in [0.3, 0.4) is 0 Å². The number of pyridine rings is 1. The number of piperazine rings is 1. The lowest BCUT2D eigenvalue weighted by Gasteiger charge is -2.46. The third-order valence-electron chi connectivity index (χ3n) is 9.59. The quantitative estimate of drug-likeness (QED) is 0.342. The van der Waals surface area contributed by atoms with Crippen LogP contribution in [-0.4, -0.2) is 88.0 Å². The van der Waals surface area contributed by atoms with Gasteiger partial charge in [0.25, 0.3) is 5.91 Å². The molecule has 3 aliphatic rings. The van der Waals surface area contributed by atoms with Crippen LogP contribution in [0.1, 0.15) is 79.8 Å². The molecule has 0 aliphatic carbocycles. The number of nitrogens with zero attached hydrogens (tertiary/aromatic N) is 6. The number of carbonyl (C=O) groups excluding carboxylic acids is 3. The molecule has 0 radical (unpaired) electrons. The minimum Gasteiger partial charge on any atom is -0.444 e. The van der Waals surface area contributed by atoms with Crippen molar-refractivity contribution in [3.8, 4) is 6.07 Å². The minimum absolute atomic E-state index is 0.0249. The number of rotatable bonds is 6. The van der Waals surface area contributed by atoms with Gasteiger partial charge in [0, 0.05) is 74.5 Å². The number of aromatic nitrogens is 1. The zero-order valence-corrected chi connectivity index (χ0v) is 29.3. The highest BCUT2D eigenvalue weighted by atomic mass is 19.1. The number of anilines is 1. The molecule has 50 heavy (non-hydrogen) atoms. The standard InChI is InChI=1S/C38H42F2N6O4/c1-23-17-43(21-33(47)46-22-38(5,6)34-32(46)13-25(16-42-34)12-26-8-9-28(39)14-31(26)40)29(20-45(23)36(49)50-37(2,3)4)19-44-18-27-11-24(15-41)7-10-30(27)35(44)48/h7-11,13-14,16,23,29H,12,17-22H2,1-6H3/t23-,29+/m1/s1. The molecule has 4 heterocycles. The summed E-state index contributed by atoms with van der Waals surface area (Å²) in [4.78, 5) is 52.9. The minimum atomic E-state index is -0.699. The van der Waals surface area contributed by atoms with Gasteiger partial charge in [-0.15, -0.1) is 0 Å². The molecule has 0 unspecified atom stereocenters. The van der Waals surface area contributed by atoms with E-state index in [4.69, 9.17) is 9.72 Å². The van der Waals surface area contributed by atoms with Crippen LogP contribution >= 0.6 is 0 Å². The Bertz CT molecular complexity index is 1900. The third kappa shape index (κ3) is 7.05. The van der Waals surface area contributed by atoms with Gasteiger partial charge < -0.3 is 19.4 Å². The van der Waals surface area contributed by atoms with Gasteiger partial charge in [0.1, 0.15) is 17.2 Å². The molecule has 0 spiro atoms. The van der Waals surface area contributed by atoms with E-state index in [-0.39, 0.29) is 43.9 Å². The molecule has 3 aromatic rings. The Morgan fingerprint density at radius 1 is 1.10 bits per heavy atom. The van der Waals surface area contributed by atoms with Crippen molar-refractivity contribution in [2.24, 2.45) is 0 Å². The van der Waals surface area contributed by atoms with Gasteiger partial charge in [-0.2, -0.15) is 5.26 Å². The van der Waals surface area contributed by atoms with Crippen molar-refractivity contribution in [2.75, 3.05) is 37.6 Å². The maximum Gasteiger partial charge on any atom is 0.410 e. The van der Waals surface area contributed by atoms with Gasteiger partial charge in [-0.25, -0.2) is 13.6 Å². The van der Waals surface area contributed by atoms with E-state index in [0.29, 0.717) is 47.6 Å². The van der Waals surface area contributed by atoms with E-state index < -0.39 is 34.8 Å². The molecule has 0 N–H and O–H groups in total. The number of fused-ring (bicyclic) bond motifs is 2. The van der Waals surface area contributed by atoms with Crippen molar-refractivity contribution in [1.29, 1.82) is 5.26 Å². The highest BCUT2D eigenvalue weighted by Crippen LogP contribution is 2.40. The Labute approximate surface area is 291 Å². The van der Waals surface area contributed by atoms with Crippen molar-refractivity contribution in [3.63, 3.8) is 0 Å². The maximum absolute atomic E-state index is 14.5. The van der Waals surface area contributed by atoms with Gasteiger partial charge in [0.2, 0.25) is 5.91 Å². The number of hydrogen-bond donors (Lipinski definition) is 0. The van der Waals surface area contributed by atoms with Crippen LogP contribution in [-0.2, 0) is 27.9 Å². The van der Waals surface area contributed by atoms with E-state index in [2.05, 4.69) is 6.07 Å². The van der Waals surface area contributed by atoms with Crippen molar-refractivity contribution >= 4 is 23.6 Å². The van der Waals surface area contributed by atoms with Crippen molar-refractivity contribution < 1.29 is 27.9 Å². The average Bonchev–Trinajstić information content (AvgIpc) is 3.49. The van der Waals surface area contributed by atoms with E-state index in [1.54, 1.807) is 39.1 Å². The van der Waals surface area contributed by atoms with Gasteiger partial charge >= 0.3 is 6.09 Å². The lowest BCUT2D eigenvalue weighted by atomic mass is 9.91. The SMILES string of the molecule is C[C@@H]1CN(CC(=O)N2CC(C)(C)c3ncc(Cc4ccc(F)cc4F)cc32)[C@@H](CN2Cc3cc(C#N)ccc3C2=O)CN1C(=O)OC(C)(C)C. The second-order valence-electron chi connectivity index (χ2n) is 15.2. The number of nitriles is 1. The summed E-state index contributed by atoms with van der Waals surface area (Å²) < 4.78 is 33.8. The van der Waals surface area contributed by atoms with Crippen LogP contribution in [0.5, 0.6) is 0 Å². The lowest BCUT2D eigenvalue weighted by Crippen LogP contribution is -2.63. The predicted octanol–water partition coefficient (Wildman–Crippen LogP) is 5.41. The first kappa shape index (κ1) is 35.0. The van der Waals surface area contributed by atoms with Gasteiger partial charge in [-0.3, -0.25) is 19.5 Å². The summed E-state index contributed by atoms with van der Waals surface area (Å²) >= 11 is 0. The molecule has 6 rings (SSSR count). The van der Waals surface area contributed by atoms with E-state index in [0.717, 1.165) is 17.3 Å². The van der Waals surface area contributed by atoms with Crippen LogP contribution in [0.2, 0.25) is 0 Å². The third-order valence-corrected chi connectivity index (χ3v) is 9.59. The van der Waals surface area contributed by atoms with Crippen molar-refractivity contribution in [3.05, 3.63) is 93.8 Å². The normalized spacial score (nSPS) is 20.1. The van der Waals surface area contributed by atoms with Crippen LogP contribution in [0.4, 0.5) is 19.3 Å². The molecule has 10 nitrogen and oxygen atoms in total. The highest BCUT2D eigenvalue weighted by Gasteiger charge is 2.43. The molecule has 2 aromatic carbocycles. The van der Waals surface area contributed by atoms with Gasteiger partial charge in [0.05, 0.1) is 29.6 Å². The molecule has 0 saturated carbocycles. The van der Waals surface area contributed by atoms with Crippen LogP contribution in [0, 0.1) is 23.0 Å². The summed E-state index contributed by atoms with van der Waals surface area (Å²) in [6.45, 7) is 13.0. The fraction of sp³-hybridized carbons (Fsp3) is 0.447. The summed E-state index contributed by atoms with van der Waals surface area (Å²) in [5, 5.41) is 9.38. The van der Waals surface area contributed by atoms with E-state index in [1.165, 1.54) is 12.1 Å². The summed E-state index contributed by atoms with van der Waals surface area (Å²) in [5.41, 5.74) is 3.06. The molecule has 2 atom stereocenters. The molecular weight excluding hydrogens is 642 g/mol. The summed E-state index contributed by atoms with van der Waals surface area (Å²) in [5.74, 6) is -1.62. The van der Waals surface area contributed by atoms with Gasteiger partial charge in [-0.1, -0.05) is 19.9 Å². The second kappa shape index (κ2) is 13.1. The average molecular weight is 685 g/mol. The molecule has 1 fully saturated rings. The Kier molecular flexibility index (Phi) is 9.16. The molecule has 3 aliphatic heterocycles. The van der Waals surface area contributed by atoms with E-state index in [1.807, 2.05) is 52.5 Å². The smallest absolute Gasteiger partial charge is 0.410 e. The Balaban J connectivity index is 1.25. The molecular formula is C38H42F2N6O4. The zero-order valence-electron chi connectivity index (χ0n) is 29.3. The first-order valence-corrected chi connectivity index (χ1v) is 16.8. The zero-order chi connectivity index (χ0) is 36.1. The molecule has 3 amide bonds. The summed E-state index contributed by atoms with van der Waals surface area (Å²) in [6.07, 6.45) is 1.40. The van der Waals surface area contributed by atoms with Crippen LogP contribution in [0.15, 0.2) is 48.7 Å². The van der Waals surface area contributed by atoms with Gasteiger partial charge in [-0.05, 0) is 74.7 Å². The fourth-order valence-corrected chi connectivity index (χ4v) is 7.14. The second-order valence-corrected chi connectivity index (χ2v) is 15.2. The lowest BCUT2D eigenvalue weighted by molar-refractivity contribution is -0.121. The first-order chi connectivity index (χ1) is 23.5. The van der Waals surface area contributed by atoms with E-state index >= 15 is 0 Å². The molecule has 12 heteroatoms. The Morgan fingerprint density at radius 3 is 2.56 bits per heavy atom. The largest absolute Gasteiger partial charge is 0.444 e. The number of amides is 3. The molecule has 1 aromatic heterocycles. The van der Waals surface area contributed by atoms with Crippen LogP contribution in [0.25, 0.3) is 0 Å². The monoisotopic (exact) mass is 684 g/mol. The van der Waals surface area contributed by atoms with Gasteiger partial charge in [0.15, 0.2) is 0 Å². The van der Waals surface area contributed by atoms with Crippen LogP contribution < -0.4 is 4.90 Å². The molecule has 262 valence electrons. The number of benzene rings is 2. The summed E-state index contributed by atoms with van der Waals surface area (Å²) in [7, 11) is 0. The number of hydrogen-bond acceptors (Lipinski definition) is 7. The number of carbonyl (C=O) groups is 3. The molecule has 1 saturated heterocycles. The fourth-order valence-electron chi connectivity index (χ4n) is 7.14. The topological polar surface area (TPSA) is 110 Å². The predicted molar refractivity (Wildman–Crippen MR) is 182 cm³/mol. The van der Waals surface area contributed by atoms with Crippen molar-refractivity contribution in [2.45, 2.75) is 77.6 Å². The number of ether oxygens (including phenoxy) is 1. The summed E-state index contributed by atoms with van der Waals surface area (Å²) in [6, 6.07) is 11.8. The van der Waals surface area contributed by atoms with E-state index in [9.17, 15) is 28.4 Å². The first-order valence-electron chi connectivity index (χ1n) is 16.8. The van der Waals surface area contributed by atoms with Crippen molar-refractivity contribution in [1.82, 2.24) is 19.7 Å². The molecule has 0 bridgehead atoms.